The second kappa shape index (κ2) is 8.91. The zero-order chi connectivity index (χ0) is 24.7. The summed E-state index contributed by atoms with van der Waals surface area (Å²) in [6, 6.07) is 11.8. The number of aliphatic hydroxyl groups excluding tert-OH is 1. The third kappa shape index (κ3) is 4.26. The molecule has 1 aromatic heterocycles. The fraction of sp³-hybridized carbons (Fsp3) is 0.333. The highest BCUT2D eigenvalue weighted by Gasteiger charge is 2.33. The highest BCUT2D eigenvalue weighted by Crippen LogP contribution is 2.33. The predicted octanol–water partition coefficient (Wildman–Crippen LogP) is 1.20. The third-order valence-electron chi connectivity index (χ3n) is 6.26. The number of nitrogens with one attached hydrogen (secondary N) is 1. The summed E-state index contributed by atoms with van der Waals surface area (Å²) in [6.07, 6.45) is -1.42. The van der Waals surface area contributed by atoms with Crippen molar-refractivity contribution in [2.45, 2.75) is 31.6 Å². The van der Waals surface area contributed by atoms with Gasteiger partial charge < -0.3 is 19.9 Å². The van der Waals surface area contributed by atoms with Crippen LogP contribution in [-0.4, -0.2) is 51.6 Å². The van der Waals surface area contributed by atoms with E-state index in [1.165, 1.54) is 9.47 Å². The molecule has 2 aromatic carbocycles. The van der Waals surface area contributed by atoms with E-state index in [0.717, 1.165) is 4.57 Å². The van der Waals surface area contributed by atoms with Gasteiger partial charge in [-0.1, -0.05) is 12.1 Å². The number of hydrogen-bond donors (Lipinski definition) is 2. The number of aliphatic hydroxyl groups is 1. The number of nitrogens with zero attached hydrogens (tertiary/aromatic N) is 3. The first-order valence-corrected chi connectivity index (χ1v) is 11.2. The molecule has 2 N–H and O–H groups in total. The molecule has 0 saturated carbocycles. The lowest BCUT2D eigenvalue weighted by Crippen LogP contribution is -2.41. The molecule has 3 heterocycles. The molecular formula is C24H24N4O7. The molecule has 11 nitrogen and oxygen atoms in total. The van der Waals surface area contributed by atoms with Crippen molar-refractivity contribution in [2.24, 2.45) is 7.05 Å². The van der Waals surface area contributed by atoms with Crippen molar-refractivity contribution in [3.8, 4) is 5.75 Å². The Morgan fingerprint density at radius 2 is 1.94 bits per heavy atom. The number of hydrogen-bond acceptors (Lipinski definition) is 7. The van der Waals surface area contributed by atoms with Crippen LogP contribution in [0.2, 0.25) is 0 Å². The van der Waals surface area contributed by atoms with Crippen molar-refractivity contribution in [2.75, 3.05) is 23.4 Å². The smallest absolute Gasteiger partial charge is 0.414 e. The number of fused-ring (bicyclic) bond motifs is 2. The zero-order valence-electron chi connectivity index (χ0n) is 19.0. The van der Waals surface area contributed by atoms with Crippen LogP contribution in [0.4, 0.5) is 16.2 Å². The number of aromatic nitrogens is 2. The van der Waals surface area contributed by atoms with E-state index < -0.39 is 29.6 Å². The Labute approximate surface area is 199 Å². The van der Waals surface area contributed by atoms with E-state index in [0.29, 0.717) is 34.4 Å². The van der Waals surface area contributed by atoms with Gasteiger partial charge in [-0.3, -0.25) is 23.6 Å². The van der Waals surface area contributed by atoms with Gasteiger partial charge in [0.05, 0.1) is 35.8 Å². The maximum atomic E-state index is 12.8. The number of anilines is 2. The summed E-state index contributed by atoms with van der Waals surface area (Å²) in [7, 11) is 1.58. The molecular weight excluding hydrogens is 456 g/mol. The average Bonchev–Trinajstić information content (AvgIpc) is 3.24. The monoisotopic (exact) mass is 480 g/mol. The van der Waals surface area contributed by atoms with Crippen LogP contribution in [0.15, 0.2) is 52.1 Å². The van der Waals surface area contributed by atoms with Crippen LogP contribution in [0.25, 0.3) is 10.9 Å². The summed E-state index contributed by atoms with van der Waals surface area (Å²) in [5.41, 5.74) is 0.598. The van der Waals surface area contributed by atoms with E-state index >= 15 is 0 Å². The number of ether oxygens (including phenoxy) is 2. The van der Waals surface area contributed by atoms with Gasteiger partial charge in [0, 0.05) is 12.7 Å². The largest absolute Gasteiger partial charge is 0.482 e. The number of carbonyl (C=O) groups is 2. The van der Waals surface area contributed by atoms with Crippen LogP contribution in [-0.2, 0) is 23.1 Å². The average molecular weight is 480 g/mol. The van der Waals surface area contributed by atoms with Crippen LogP contribution in [0, 0.1) is 0 Å². The summed E-state index contributed by atoms with van der Waals surface area (Å²) in [5, 5.41) is 13.7. The number of rotatable bonds is 6. The first-order chi connectivity index (χ1) is 16.8. The van der Waals surface area contributed by atoms with Gasteiger partial charge in [0.25, 0.3) is 11.5 Å². The van der Waals surface area contributed by atoms with Gasteiger partial charge in [0.15, 0.2) is 6.61 Å². The quantitative estimate of drug-likeness (QED) is 0.542. The normalized spacial score (nSPS) is 18.1. The summed E-state index contributed by atoms with van der Waals surface area (Å²) >= 11 is 0. The zero-order valence-corrected chi connectivity index (χ0v) is 19.0. The first-order valence-electron chi connectivity index (χ1n) is 11.2. The van der Waals surface area contributed by atoms with Crippen molar-refractivity contribution >= 4 is 34.3 Å². The molecule has 2 aliphatic rings. The predicted molar refractivity (Wildman–Crippen MR) is 127 cm³/mol. The minimum absolute atomic E-state index is 0.0556. The van der Waals surface area contributed by atoms with Crippen molar-refractivity contribution in [3.63, 3.8) is 0 Å². The molecule has 0 spiro atoms. The number of benzene rings is 2. The van der Waals surface area contributed by atoms with Crippen LogP contribution < -0.4 is 26.2 Å². The molecule has 0 bridgehead atoms. The Bertz CT molecular complexity index is 1440. The fourth-order valence-electron chi connectivity index (χ4n) is 4.43. The van der Waals surface area contributed by atoms with Crippen molar-refractivity contribution in [1.29, 1.82) is 0 Å². The number of carbonyl (C=O) groups excluding carboxylic acids is 2. The molecule has 1 saturated heterocycles. The highest BCUT2D eigenvalue weighted by atomic mass is 16.6. The minimum atomic E-state index is -0.981. The second-order valence-electron chi connectivity index (χ2n) is 8.64. The lowest BCUT2D eigenvalue weighted by molar-refractivity contribution is -0.118. The van der Waals surface area contributed by atoms with E-state index in [1.54, 1.807) is 49.5 Å². The Hall–Kier alpha value is -4.12. The Morgan fingerprint density at radius 1 is 1.14 bits per heavy atom. The third-order valence-corrected chi connectivity index (χ3v) is 6.26. The molecule has 2 amide bonds. The van der Waals surface area contributed by atoms with Crippen LogP contribution >= 0.6 is 0 Å². The molecule has 182 valence electrons. The van der Waals surface area contributed by atoms with Gasteiger partial charge in [-0.05, 0) is 43.2 Å². The molecule has 2 aliphatic heterocycles. The Balaban J connectivity index is 1.24. The molecule has 11 heteroatoms. The fourth-order valence-corrected chi connectivity index (χ4v) is 4.43. The highest BCUT2D eigenvalue weighted by molar-refractivity contribution is 5.97. The Kier molecular flexibility index (Phi) is 5.77. The van der Waals surface area contributed by atoms with Crippen LogP contribution in [0.3, 0.4) is 0 Å². The van der Waals surface area contributed by atoms with Crippen molar-refractivity contribution in [3.05, 3.63) is 63.3 Å². The molecule has 2 unspecified atom stereocenters. The SMILES string of the molecule is Cn1c(=O)n(CC(O)CCC2CN(c3ccc4c(c3)NC(=O)CO4)C(=O)O2)c(=O)c2ccccc21. The number of aryl methyl sites for hydroxylation is 1. The molecule has 3 aromatic rings. The summed E-state index contributed by atoms with van der Waals surface area (Å²) in [4.78, 5) is 50.9. The number of amides is 2. The maximum Gasteiger partial charge on any atom is 0.414 e. The topological polar surface area (TPSA) is 132 Å². The molecule has 2 atom stereocenters. The van der Waals surface area contributed by atoms with Crippen LogP contribution in [0.5, 0.6) is 5.75 Å². The summed E-state index contributed by atoms with van der Waals surface area (Å²) < 4.78 is 13.2. The van der Waals surface area contributed by atoms with E-state index in [4.69, 9.17) is 9.47 Å². The maximum absolute atomic E-state index is 12.8. The molecule has 0 radical (unpaired) electrons. The van der Waals surface area contributed by atoms with Crippen molar-refractivity contribution in [1.82, 2.24) is 9.13 Å². The molecule has 0 aliphatic carbocycles. The number of cyclic esters (lactones) is 1. The molecule has 1 fully saturated rings. The van der Waals surface area contributed by atoms with Gasteiger partial charge in [0.1, 0.15) is 11.9 Å². The standard InChI is InChI=1S/C24H24N4O7/c1-26-19-5-3-2-4-17(19)22(31)28(23(26)32)11-15(29)7-8-16-12-27(24(33)35-16)14-6-9-20-18(10-14)25-21(30)13-34-20/h2-6,9-10,15-16,29H,7-8,11-13H2,1H3,(H,25,30). The molecule has 5 rings (SSSR count). The van der Waals surface area contributed by atoms with E-state index in [1.807, 2.05) is 0 Å². The van der Waals surface area contributed by atoms with Gasteiger partial charge in [-0.25, -0.2) is 9.59 Å². The van der Waals surface area contributed by atoms with Crippen molar-refractivity contribution < 1.29 is 24.2 Å². The van der Waals surface area contributed by atoms with Crippen LogP contribution in [0.1, 0.15) is 12.8 Å². The number of para-hydroxylation sites is 1. The van der Waals surface area contributed by atoms with Gasteiger partial charge in [0.2, 0.25) is 0 Å². The first kappa shape index (κ1) is 22.7. The van der Waals surface area contributed by atoms with E-state index in [-0.39, 0.29) is 32.0 Å². The van der Waals surface area contributed by atoms with E-state index in [2.05, 4.69) is 5.32 Å². The second-order valence-corrected chi connectivity index (χ2v) is 8.64. The summed E-state index contributed by atoms with van der Waals surface area (Å²) in [5.74, 6) is 0.251. The van der Waals surface area contributed by atoms with Gasteiger partial charge in [-0.15, -0.1) is 0 Å². The lowest BCUT2D eigenvalue weighted by atomic mass is 10.1. The van der Waals surface area contributed by atoms with Gasteiger partial charge >= 0.3 is 11.8 Å². The molecule has 35 heavy (non-hydrogen) atoms. The summed E-state index contributed by atoms with van der Waals surface area (Å²) in [6.45, 7) is 0.0436. The minimum Gasteiger partial charge on any atom is -0.482 e. The van der Waals surface area contributed by atoms with E-state index in [9.17, 15) is 24.3 Å². The Morgan fingerprint density at radius 3 is 2.77 bits per heavy atom. The van der Waals surface area contributed by atoms with Gasteiger partial charge in [-0.2, -0.15) is 0 Å². The lowest BCUT2D eigenvalue weighted by Gasteiger charge is -2.20.